The summed E-state index contributed by atoms with van der Waals surface area (Å²) in [5.41, 5.74) is 12.0. The minimum atomic E-state index is 0.0243. The molecule has 0 aliphatic carbocycles. The van der Waals surface area contributed by atoms with E-state index in [1.807, 2.05) is 13.0 Å². The first kappa shape index (κ1) is 6.16. The summed E-state index contributed by atoms with van der Waals surface area (Å²) >= 11 is 0. The second-order valence-corrected chi connectivity index (χ2v) is 2.14. The third kappa shape index (κ3) is 1.05. The minimum absolute atomic E-state index is 0.0243. The van der Waals surface area contributed by atoms with E-state index in [1.54, 1.807) is 6.20 Å². The van der Waals surface area contributed by atoms with E-state index in [9.17, 15) is 0 Å². The lowest BCUT2D eigenvalue weighted by Crippen LogP contribution is -2.06. The third-order valence-corrected chi connectivity index (χ3v) is 1.30. The number of anilines is 1. The molecular weight excluding hydrogens is 114 g/mol. The largest absolute Gasteiger partial charge is 0.385 e. The highest BCUT2D eigenvalue weighted by atomic mass is 14.8. The number of nitrogens with two attached hydrogens (primary N) is 2. The van der Waals surface area contributed by atoms with Crippen LogP contribution in [0.4, 0.5) is 5.82 Å². The van der Waals surface area contributed by atoms with E-state index in [0.717, 1.165) is 5.56 Å². The summed E-state index contributed by atoms with van der Waals surface area (Å²) in [6, 6.07) is 1.91. The lowest BCUT2D eigenvalue weighted by Gasteiger charge is -2.01. The van der Waals surface area contributed by atoms with E-state index in [-0.39, 0.29) is 6.04 Å². The molecule has 1 rings (SSSR count). The van der Waals surface area contributed by atoms with Crippen LogP contribution in [0.15, 0.2) is 12.3 Å². The van der Waals surface area contributed by atoms with Gasteiger partial charge in [0.05, 0.1) is 0 Å². The molecule has 0 fully saturated rings. The van der Waals surface area contributed by atoms with Crippen LogP contribution in [0.1, 0.15) is 18.5 Å². The van der Waals surface area contributed by atoms with Gasteiger partial charge in [0.25, 0.3) is 0 Å². The van der Waals surface area contributed by atoms with Crippen LogP contribution in [0, 0.1) is 0 Å². The Balaban J connectivity index is 2.94. The predicted octanol–water partition coefficient (Wildman–Crippen LogP) is 0.617. The summed E-state index contributed by atoms with van der Waals surface area (Å²) in [6.07, 6.45) is 1.79. The normalized spacial score (nSPS) is 13.6. The molecule has 0 aliphatic rings. The number of rotatable bonds is 1. The number of aromatic nitrogens is 1. The van der Waals surface area contributed by atoms with Crippen molar-refractivity contribution in [1.29, 1.82) is 0 Å². The molecule has 9 heavy (non-hydrogen) atoms. The van der Waals surface area contributed by atoms with Crippen molar-refractivity contribution in [3.63, 3.8) is 0 Å². The molecule has 0 aromatic carbocycles. The standard InChI is InChI=1S/C6H11N3/c1-4(7)5-2-3-9-6(5)8/h2-4,9H,7-8H2,1H3. The Morgan fingerprint density at radius 1 is 1.67 bits per heavy atom. The molecule has 5 N–H and O–H groups in total. The van der Waals surface area contributed by atoms with Gasteiger partial charge in [-0.2, -0.15) is 0 Å². The number of nitrogen functional groups attached to an aromatic ring is 1. The fraction of sp³-hybridized carbons (Fsp3) is 0.333. The van der Waals surface area contributed by atoms with Gasteiger partial charge >= 0.3 is 0 Å². The van der Waals surface area contributed by atoms with Crippen molar-refractivity contribution in [2.24, 2.45) is 5.73 Å². The third-order valence-electron chi connectivity index (χ3n) is 1.30. The topological polar surface area (TPSA) is 67.8 Å². The van der Waals surface area contributed by atoms with Crippen molar-refractivity contribution in [2.45, 2.75) is 13.0 Å². The van der Waals surface area contributed by atoms with Crippen molar-refractivity contribution in [1.82, 2.24) is 4.98 Å². The Bertz CT molecular complexity index is 190. The van der Waals surface area contributed by atoms with Gasteiger partial charge < -0.3 is 16.5 Å². The molecule has 1 aromatic rings. The first-order valence-corrected chi connectivity index (χ1v) is 2.90. The van der Waals surface area contributed by atoms with Crippen LogP contribution in [0.3, 0.4) is 0 Å². The molecule has 50 valence electrons. The monoisotopic (exact) mass is 125 g/mol. The maximum atomic E-state index is 5.56. The van der Waals surface area contributed by atoms with E-state index in [4.69, 9.17) is 11.5 Å². The zero-order valence-electron chi connectivity index (χ0n) is 5.39. The van der Waals surface area contributed by atoms with Gasteiger partial charge in [-0.1, -0.05) is 0 Å². The SMILES string of the molecule is CC(N)c1cc[nH]c1N. The minimum Gasteiger partial charge on any atom is -0.385 e. The second-order valence-electron chi connectivity index (χ2n) is 2.14. The van der Waals surface area contributed by atoms with Crippen molar-refractivity contribution in [3.05, 3.63) is 17.8 Å². The van der Waals surface area contributed by atoms with Gasteiger partial charge in [0.2, 0.25) is 0 Å². The zero-order chi connectivity index (χ0) is 6.85. The lowest BCUT2D eigenvalue weighted by atomic mass is 10.2. The Morgan fingerprint density at radius 2 is 2.33 bits per heavy atom. The summed E-state index contributed by atoms with van der Waals surface area (Å²) < 4.78 is 0. The maximum Gasteiger partial charge on any atom is 0.105 e. The van der Waals surface area contributed by atoms with Gasteiger partial charge in [0.15, 0.2) is 0 Å². The second kappa shape index (κ2) is 2.11. The number of aromatic amines is 1. The van der Waals surface area contributed by atoms with Crippen molar-refractivity contribution in [3.8, 4) is 0 Å². The number of H-pyrrole nitrogens is 1. The van der Waals surface area contributed by atoms with Crippen molar-refractivity contribution in [2.75, 3.05) is 5.73 Å². The van der Waals surface area contributed by atoms with Crippen LogP contribution in [0.25, 0.3) is 0 Å². The van der Waals surface area contributed by atoms with Crippen LogP contribution < -0.4 is 11.5 Å². The summed E-state index contributed by atoms with van der Waals surface area (Å²) in [6.45, 7) is 1.90. The van der Waals surface area contributed by atoms with E-state index in [1.165, 1.54) is 0 Å². The van der Waals surface area contributed by atoms with Gasteiger partial charge in [-0.05, 0) is 13.0 Å². The van der Waals surface area contributed by atoms with Crippen LogP contribution in [-0.4, -0.2) is 4.98 Å². The zero-order valence-corrected chi connectivity index (χ0v) is 5.39. The Hall–Kier alpha value is -0.960. The molecule has 3 heteroatoms. The lowest BCUT2D eigenvalue weighted by molar-refractivity contribution is 0.823. The van der Waals surface area contributed by atoms with Gasteiger partial charge in [-0.25, -0.2) is 0 Å². The van der Waals surface area contributed by atoms with E-state index >= 15 is 0 Å². The Labute approximate surface area is 54.1 Å². The molecule has 1 heterocycles. The Morgan fingerprint density at radius 3 is 2.56 bits per heavy atom. The van der Waals surface area contributed by atoms with E-state index in [2.05, 4.69) is 4.98 Å². The molecule has 0 spiro atoms. The number of nitrogens with one attached hydrogen (secondary N) is 1. The fourth-order valence-corrected chi connectivity index (χ4v) is 0.791. The maximum absolute atomic E-state index is 5.56. The summed E-state index contributed by atoms with van der Waals surface area (Å²) in [7, 11) is 0. The number of hydrogen-bond acceptors (Lipinski definition) is 2. The van der Waals surface area contributed by atoms with Gasteiger partial charge in [0, 0.05) is 17.8 Å². The van der Waals surface area contributed by atoms with Gasteiger partial charge in [-0.15, -0.1) is 0 Å². The van der Waals surface area contributed by atoms with Crippen LogP contribution in [0.5, 0.6) is 0 Å². The van der Waals surface area contributed by atoms with Crippen LogP contribution in [-0.2, 0) is 0 Å². The van der Waals surface area contributed by atoms with Crippen molar-refractivity contribution >= 4 is 5.82 Å². The molecule has 0 saturated carbocycles. The van der Waals surface area contributed by atoms with Crippen molar-refractivity contribution < 1.29 is 0 Å². The molecule has 3 nitrogen and oxygen atoms in total. The molecule has 1 aromatic heterocycles. The first-order valence-electron chi connectivity index (χ1n) is 2.90. The molecule has 0 radical (unpaired) electrons. The highest BCUT2D eigenvalue weighted by Crippen LogP contribution is 2.14. The van der Waals surface area contributed by atoms with E-state index < -0.39 is 0 Å². The molecular formula is C6H11N3. The number of hydrogen-bond donors (Lipinski definition) is 3. The first-order chi connectivity index (χ1) is 4.22. The molecule has 1 atom stereocenters. The summed E-state index contributed by atoms with van der Waals surface area (Å²) in [5, 5.41) is 0. The predicted molar refractivity (Wildman–Crippen MR) is 37.8 cm³/mol. The molecule has 0 aliphatic heterocycles. The van der Waals surface area contributed by atoms with Crippen LogP contribution >= 0.6 is 0 Å². The van der Waals surface area contributed by atoms with E-state index in [0.29, 0.717) is 5.82 Å². The highest BCUT2D eigenvalue weighted by molar-refractivity contribution is 5.41. The molecule has 0 saturated heterocycles. The molecule has 1 unspecified atom stereocenters. The van der Waals surface area contributed by atoms with Crippen LogP contribution in [0.2, 0.25) is 0 Å². The molecule has 0 bridgehead atoms. The Kier molecular flexibility index (Phi) is 1.44. The summed E-state index contributed by atoms with van der Waals surface area (Å²) in [5.74, 6) is 0.671. The average molecular weight is 125 g/mol. The summed E-state index contributed by atoms with van der Waals surface area (Å²) in [4.78, 5) is 2.85. The average Bonchev–Trinajstić information content (AvgIpc) is 2.13. The fourth-order valence-electron chi connectivity index (χ4n) is 0.791. The smallest absolute Gasteiger partial charge is 0.105 e. The molecule has 0 amide bonds. The van der Waals surface area contributed by atoms with Gasteiger partial charge in [-0.3, -0.25) is 0 Å². The quantitative estimate of drug-likeness (QED) is 0.515. The van der Waals surface area contributed by atoms with Gasteiger partial charge in [0.1, 0.15) is 5.82 Å². The highest BCUT2D eigenvalue weighted by Gasteiger charge is 2.02.